The van der Waals surface area contributed by atoms with E-state index in [2.05, 4.69) is 10.2 Å². The highest BCUT2D eigenvalue weighted by Crippen LogP contribution is 2.18. The summed E-state index contributed by atoms with van der Waals surface area (Å²) in [6, 6.07) is 11.5. The van der Waals surface area contributed by atoms with Gasteiger partial charge in [0.1, 0.15) is 11.8 Å². The molecule has 0 saturated carbocycles. The van der Waals surface area contributed by atoms with E-state index in [1.54, 1.807) is 40.8 Å². The molecule has 3 rings (SSSR count). The monoisotopic (exact) mass is 277 g/mol. The van der Waals surface area contributed by atoms with Gasteiger partial charge < -0.3 is 4.74 Å². The molecular formula is C13H9ClFN3O. The third-order valence-electron chi connectivity index (χ3n) is 2.64. The molecule has 0 amide bonds. The van der Waals surface area contributed by atoms with Crippen LogP contribution >= 0.6 is 11.6 Å². The van der Waals surface area contributed by atoms with Crippen LogP contribution in [0.3, 0.4) is 0 Å². The van der Waals surface area contributed by atoms with Gasteiger partial charge >= 0.3 is 0 Å². The van der Waals surface area contributed by atoms with Crippen molar-refractivity contribution in [3.63, 3.8) is 0 Å². The lowest BCUT2D eigenvalue weighted by Gasteiger charge is -2.06. The summed E-state index contributed by atoms with van der Waals surface area (Å²) in [5.41, 5.74) is 0.625. The highest BCUT2D eigenvalue weighted by atomic mass is 35.5. The van der Waals surface area contributed by atoms with E-state index in [1.807, 2.05) is 0 Å². The van der Waals surface area contributed by atoms with Gasteiger partial charge in [0.05, 0.1) is 0 Å². The third-order valence-corrected chi connectivity index (χ3v) is 2.94. The molecule has 3 aromatic rings. The molecule has 6 heteroatoms. The number of hydrogen-bond donors (Lipinski definition) is 0. The topological polar surface area (TPSA) is 39.4 Å². The number of pyridine rings is 1. The average molecular weight is 278 g/mol. The Hall–Kier alpha value is -2.14. The van der Waals surface area contributed by atoms with E-state index >= 15 is 0 Å². The quantitative estimate of drug-likeness (QED) is 0.691. The fourth-order valence-corrected chi connectivity index (χ4v) is 2.01. The first-order valence-corrected chi connectivity index (χ1v) is 5.99. The van der Waals surface area contributed by atoms with Crippen LogP contribution in [0, 0.1) is 5.82 Å². The first-order chi connectivity index (χ1) is 9.25. The summed E-state index contributed by atoms with van der Waals surface area (Å²) in [7, 11) is 0. The van der Waals surface area contributed by atoms with Crippen LogP contribution < -0.4 is 4.74 Å². The Balaban J connectivity index is 1.89. The summed E-state index contributed by atoms with van der Waals surface area (Å²) in [5, 5.41) is 8.43. The van der Waals surface area contributed by atoms with Crippen molar-refractivity contribution in [2.75, 3.05) is 0 Å². The van der Waals surface area contributed by atoms with Crippen molar-refractivity contribution in [3.8, 4) is 5.75 Å². The van der Waals surface area contributed by atoms with Crippen LogP contribution in [0.15, 0.2) is 42.5 Å². The van der Waals surface area contributed by atoms with Gasteiger partial charge in [-0.25, -0.2) is 4.39 Å². The number of fused-ring (bicyclic) bond motifs is 1. The first kappa shape index (κ1) is 11.9. The van der Waals surface area contributed by atoms with E-state index in [0.717, 1.165) is 0 Å². The van der Waals surface area contributed by atoms with Crippen LogP contribution in [0.5, 0.6) is 5.75 Å². The second-order valence-corrected chi connectivity index (χ2v) is 4.26. The Morgan fingerprint density at radius 2 is 1.95 bits per heavy atom. The molecule has 0 unspecified atom stereocenters. The van der Waals surface area contributed by atoms with Gasteiger partial charge in [-0.15, -0.1) is 10.2 Å². The van der Waals surface area contributed by atoms with Gasteiger partial charge in [-0.3, -0.25) is 4.40 Å². The Bertz CT molecular complexity index is 729. The number of ether oxygens (including phenoxy) is 1. The zero-order valence-electron chi connectivity index (χ0n) is 9.75. The van der Waals surface area contributed by atoms with Crippen LogP contribution in [0.25, 0.3) is 5.65 Å². The van der Waals surface area contributed by atoms with Crippen LogP contribution in [0.4, 0.5) is 4.39 Å². The standard InChI is InChI=1S/C13H9ClFN3O/c14-11-6-3-7-12-16-17-13(18(11)12)8-19-10-5-2-1-4-9(10)15/h1-7H,8H2. The fourth-order valence-electron chi connectivity index (χ4n) is 1.76. The molecule has 0 aliphatic heterocycles. The van der Waals surface area contributed by atoms with Crippen molar-refractivity contribution in [2.24, 2.45) is 0 Å². The predicted molar refractivity (Wildman–Crippen MR) is 68.7 cm³/mol. The second kappa shape index (κ2) is 4.85. The van der Waals surface area contributed by atoms with E-state index < -0.39 is 5.82 Å². The van der Waals surface area contributed by atoms with E-state index in [0.29, 0.717) is 16.6 Å². The van der Waals surface area contributed by atoms with E-state index in [1.165, 1.54) is 6.07 Å². The largest absolute Gasteiger partial charge is 0.483 e. The van der Waals surface area contributed by atoms with Crippen molar-refractivity contribution in [3.05, 3.63) is 59.3 Å². The number of halogens is 2. The molecular weight excluding hydrogens is 269 g/mol. The molecule has 2 heterocycles. The Morgan fingerprint density at radius 1 is 1.11 bits per heavy atom. The van der Waals surface area contributed by atoms with Crippen molar-refractivity contribution in [1.82, 2.24) is 14.6 Å². The predicted octanol–water partition coefficient (Wildman–Crippen LogP) is 3.10. The average Bonchev–Trinajstić information content (AvgIpc) is 2.83. The number of benzene rings is 1. The Labute approximate surface area is 113 Å². The van der Waals surface area contributed by atoms with E-state index in [-0.39, 0.29) is 12.4 Å². The molecule has 2 aromatic heterocycles. The number of hydrogen-bond acceptors (Lipinski definition) is 3. The Morgan fingerprint density at radius 3 is 2.79 bits per heavy atom. The molecule has 0 aliphatic rings. The lowest BCUT2D eigenvalue weighted by atomic mass is 10.3. The molecule has 0 atom stereocenters. The lowest BCUT2D eigenvalue weighted by molar-refractivity contribution is 0.280. The van der Waals surface area contributed by atoms with Crippen LogP contribution in [0.1, 0.15) is 5.82 Å². The minimum Gasteiger partial charge on any atom is -0.483 e. The smallest absolute Gasteiger partial charge is 0.176 e. The summed E-state index contributed by atoms with van der Waals surface area (Å²) in [5.74, 6) is 0.276. The maximum atomic E-state index is 13.4. The van der Waals surface area contributed by atoms with Crippen molar-refractivity contribution in [1.29, 1.82) is 0 Å². The minimum absolute atomic E-state index is 0.0891. The third kappa shape index (κ3) is 2.24. The van der Waals surface area contributed by atoms with Crippen molar-refractivity contribution >= 4 is 17.2 Å². The normalized spacial score (nSPS) is 10.8. The molecule has 0 saturated heterocycles. The van der Waals surface area contributed by atoms with Gasteiger partial charge in [-0.2, -0.15) is 0 Å². The maximum absolute atomic E-state index is 13.4. The molecule has 0 aliphatic carbocycles. The second-order valence-electron chi connectivity index (χ2n) is 3.88. The summed E-state index contributed by atoms with van der Waals surface area (Å²) in [4.78, 5) is 0. The molecule has 0 spiro atoms. The van der Waals surface area contributed by atoms with Crippen LogP contribution in [0.2, 0.25) is 5.15 Å². The van der Waals surface area contributed by atoms with Gasteiger partial charge in [0.2, 0.25) is 0 Å². The number of aromatic nitrogens is 3. The number of rotatable bonds is 3. The van der Waals surface area contributed by atoms with Crippen molar-refractivity contribution < 1.29 is 9.13 Å². The van der Waals surface area contributed by atoms with Gasteiger partial charge in [0.25, 0.3) is 0 Å². The molecule has 1 aromatic carbocycles. The summed E-state index contributed by atoms with van der Waals surface area (Å²) in [6.07, 6.45) is 0. The highest BCUT2D eigenvalue weighted by Gasteiger charge is 2.10. The summed E-state index contributed by atoms with van der Waals surface area (Å²) >= 11 is 6.07. The Kier molecular flexibility index (Phi) is 3.05. The fraction of sp³-hybridized carbons (Fsp3) is 0.0769. The highest BCUT2D eigenvalue weighted by molar-refractivity contribution is 6.29. The molecule has 0 fully saturated rings. The summed E-state index contributed by atoms with van der Waals surface area (Å²) in [6.45, 7) is 0.0891. The molecule has 0 bridgehead atoms. The molecule has 19 heavy (non-hydrogen) atoms. The van der Waals surface area contributed by atoms with Gasteiger partial charge in [-0.05, 0) is 24.3 Å². The van der Waals surface area contributed by atoms with Crippen molar-refractivity contribution in [2.45, 2.75) is 6.61 Å². The van der Waals surface area contributed by atoms with Gasteiger partial charge in [-0.1, -0.05) is 29.8 Å². The zero-order valence-corrected chi connectivity index (χ0v) is 10.5. The van der Waals surface area contributed by atoms with Gasteiger partial charge in [0, 0.05) is 0 Å². The molecule has 4 nitrogen and oxygen atoms in total. The first-order valence-electron chi connectivity index (χ1n) is 5.61. The molecule has 0 radical (unpaired) electrons. The van der Waals surface area contributed by atoms with Crippen LogP contribution in [-0.2, 0) is 6.61 Å². The lowest BCUT2D eigenvalue weighted by Crippen LogP contribution is -2.03. The molecule has 0 N–H and O–H groups in total. The molecule has 96 valence electrons. The van der Waals surface area contributed by atoms with E-state index in [4.69, 9.17) is 16.3 Å². The SMILES string of the molecule is Fc1ccccc1OCc1nnc2cccc(Cl)n12. The number of nitrogens with zero attached hydrogens (tertiary/aromatic N) is 3. The zero-order chi connectivity index (χ0) is 13.2. The summed E-state index contributed by atoms with van der Waals surface area (Å²) < 4.78 is 20.5. The number of para-hydroxylation sites is 1. The van der Waals surface area contributed by atoms with Crippen LogP contribution in [-0.4, -0.2) is 14.6 Å². The van der Waals surface area contributed by atoms with Gasteiger partial charge in [0.15, 0.2) is 23.0 Å². The minimum atomic E-state index is -0.414. The maximum Gasteiger partial charge on any atom is 0.176 e. The van der Waals surface area contributed by atoms with E-state index in [9.17, 15) is 4.39 Å².